The Labute approximate surface area is 124 Å². The van der Waals surface area contributed by atoms with Gasteiger partial charge in [-0.1, -0.05) is 12.1 Å². The van der Waals surface area contributed by atoms with E-state index in [1.54, 1.807) is 13.4 Å². The molecule has 0 spiro atoms. The van der Waals surface area contributed by atoms with E-state index in [2.05, 4.69) is 4.90 Å². The molecule has 0 amide bonds. The van der Waals surface area contributed by atoms with E-state index >= 15 is 0 Å². The predicted octanol–water partition coefficient (Wildman–Crippen LogP) is 2.99. The molecule has 1 N–H and O–H groups in total. The fourth-order valence-corrected chi connectivity index (χ4v) is 2.56. The largest absolute Gasteiger partial charge is 0.497 e. The second kappa shape index (κ2) is 6.33. The summed E-state index contributed by atoms with van der Waals surface area (Å²) in [5.74, 6) is 1.72. The third-order valence-corrected chi connectivity index (χ3v) is 3.89. The van der Waals surface area contributed by atoms with Crippen LogP contribution < -0.4 is 4.74 Å². The molecule has 1 fully saturated rings. The normalized spacial score (nSPS) is 16.1. The quantitative estimate of drug-likeness (QED) is 0.850. The van der Waals surface area contributed by atoms with Gasteiger partial charge in [0.25, 0.3) is 0 Å². The molecule has 1 heterocycles. The monoisotopic (exact) mass is 287 g/mol. The Morgan fingerprint density at radius 2 is 2.19 bits per heavy atom. The molecule has 0 radical (unpaired) electrons. The van der Waals surface area contributed by atoms with Gasteiger partial charge in [-0.3, -0.25) is 4.90 Å². The number of benzene rings is 1. The summed E-state index contributed by atoms with van der Waals surface area (Å²) in [4.78, 5) is 2.29. The van der Waals surface area contributed by atoms with Gasteiger partial charge in [0.15, 0.2) is 0 Å². The Morgan fingerprint density at radius 3 is 2.86 bits per heavy atom. The lowest BCUT2D eigenvalue weighted by Crippen LogP contribution is -2.30. The SMILES string of the molecule is COc1cccc(C(O)CN(Cc2ccco2)C2CC2)c1. The van der Waals surface area contributed by atoms with Gasteiger partial charge in [0.1, 0.15) is 11.5 Å². The molecular formula is C17H21NO3. The fourth-order valence-electron chi connectivity index (χ4n) is 2.56. The highest BCUT2D eigenvalue weighted by atomic mass is 16.5. The molecule has 4 nitrogen and oxygen atoms in total. The predicted molar refractivity (Wildman–Crippen MR) is 80.1 cm³/mol. The number of rotatable bonds is 7. The molecule has 21 heavy (non-hydrogen) atoms. The highest BCUT2D eigenvalue weighted by Crippen LogP contribution is 2.30. The molecule has 0 bridgehead atoms. The van der Waals surface area contributed by atoms with Crippen molar-refractivity contribution in [2.24, 2.45) is 0 Å². The van der Waals surface area contributed by atoms with E-state index < -0.39 is 6.10 Å². The zero-order valence-electron chi connectivity index (χ0n) is 12.2. The van der Waals surface area contributed by atoms with Gasteiger partial charge < -0.3 is 14.3 Å². The maximum absolute atomic E-state index is 10.5. The van der Waals surface area contributed by atoms with E-state index in [9.17, 15) is 5.11 Å². The molecule has 1 aliphatic rings. The Hall–Kier alpha value is -1.78. The second-order valence-electron chi connectivity index (χ2n) is 5.53. The van der Waals surface area contributed by atoms with Crippen molar-refractivity contribution in [3.63, 3.8) is 0 Å². The van der Waals surface area contributed by atoms with Crippen LogP contribution in [-0.2, 0) is 6.54 Å². The number of methoxy groups -OCH3 is 1. The van der Waals surface area contributed by atoms with Crippen LogP contribution in [0, 0.1) is 0 Å². The second-order valence-corrected chi connectivity index (χ2v) is 5.53. The highest BCUT2D eigenvalue weighted by molar-refractivity contribution is 5.30. The maximum Gasteiger partial charge on any atom is 0.119 e. The van der Waals surface area contributed by atoms with Crippen LogP contribution in [0.1, 0.15) is 30.3 Å². The first-order valence-corrected chi connectivity index (χ1v) is 7.34. The van der Waals surface area contributed by atoms with Crippen LogP contribution in [0.15, 0.2) is 47.1 Å². The number of ether oxygens (including phenoxy) is 1. The lowest BCUT2D eigenvalue weighted by molar-refractivity contribution is 0.0998. The van der Waals surface area contributed by atoms with Crippen LogP contribution in [-0.4, -0.2) is 29.7 Å². The van der Waals surface area contributed by atoms with Crippen molar-refractivity contribution in [3.05, 3.63) is 54.0 Å². The molecule has 4 heteroatoms. The molecule has 1 saturated carbocycles. The average Bonchev–Trinajstić information content (AvgIpc) is 3.24. The van der Waals surface area contributed by atoms with Gasteiger partial charge in [-0.05, 0) is 42.7 Å². The number of hydrogen-bond acceptors (Lipinski definition) is 4. The molecule has 2 aromatic rings. The molecular weight excluding hydrogens is 266 g/mol. The Bertz CT molecular complexity index is 563. The summed E-state index contributed by atoms with van der Waals surface area (Å²) in [5.41, 5.74) is 0.888. The van der Waals surface area contributed by atoms with Crippen molar-refractivity contribution in [3.8, 4) is 5.75 Å². The molecule has 0 saturated heterocycles. The van der Waals surface area contributed by atoms with Gasteiger partial charge in [-0.25, -0.2) is 0 Å². The Kier molecular flexibility index (Phi) is 4.27. The van der Waals surface area contributed by atoms with Gasteiger partial charge in [0.05, 0.1) is 26.0 Å². The number of hydrogen-bond donors (Lipinski definition) is 1. The summed E-state index contributed by atoms with van der Waals surface area (Å²) in [6, 6.07) is 12.1. The van der Waals surface area contributed by atoms with Crippen LogP contribution in [0.25, 0.3) is 0 Å². The smallest absolute Gasteiger partial charge is 0.119 e. The summed E-state index contributed by atoms with van der Waals surface area (Å²) in [6.07, 6.45) is 3.58. The van der Waals surface area contributed by atoms with E-state index in [0.29, 0.717) is 12.6 Å². The number of furan rings is 1. The minimum absolute atomic E-state index is 0.518. The standard InChI is InChI=1S/C17H21NO3/c1-20-15-5-2-4-13(10-15)17(19)12-18(14-7-8-14)11-16-6-3-9-21-16/h2-6,9-10,14,17,19H,7-8,11-12H2,1H3. The summed E-state index contributed by atoms with van der Waals surface area (Å²) < 4.78 is 10.6. The van der Waals surface area contributed by atoms with E-state index in [1.807, 2.05) is 36.4 Å². The summed E-state index contributed by atoms with van der Waals surface area (Å²) in [7, 11) is 1.64. The number of aliphatic hydroxyl groups excluding tert-OH is 1. The fraction of sp³-hybridized carbons (Fsp3) is 0.412. The van der Waals surface area contributed by atoms with Crippen molar-refractivity contribution in [1.29, 1.82) is 0 Å². The van der Waals surface area contributed by atoms with Crippen molar-refractivity contribution in [1.82, 2.24) is 4.90 Å². The van der Waals surface area contributed by atoms with Gasteiger partial charge in [0.2, 0.25) is 0 Å². The van der Waals surface area contributed by atoms with Gasteiger partial charge in [-0.15, -0.1) is 0 Å². The Morgan fingerprint density at radius 1 is 1.33 bits per heavy atom. The highest BCUT2D eigenvalue weighted by Gasteiger charge is 2.31. The summed E-state index contributed by atoms with van der Waals surface area (Å²) in [6.45, 7) is 1.36. The molecule has 1 unspecified atom stereocenters. The zero-order chi connectivity index (χ0) is 14.7. The zero-order valence-corrected chi connectivity index (χ0v) is 12.2. The molecule has 1 aromatic carbocycles. The van der Waals surface area contributed by atoms with E-state index in [1.165, 1.54) is 12.8 Å². The van der Waals surface area contributed by atoms with Gasteiger partial charge in [-0.2, -0.15) is 0 Å². The maximum atomic E-state index is 10.5. The lowest BCUT2D eigenvalue weighted by Gasteiger charge is -2.24. The van der Waals surface area contributed by atoms with Crippen molar-refractivity contribution >= 4 is 0 Å². The van der Waals surface area contributed by atoms with Crippen molar-refractivity contribution in [2.75, 3.05) is 13.7 Å². The van der Waals surface area contributed by atoms with Gasteiger partial charge >= 0.3 is 0 Å². The van der Waals surface area contributed by atoms with Crippen LogP contribution in [0.4, 0.5) is 0 Å². The molecule has 1 aromatic heterocycles. The minimum Gasteiger partial charge on any atom is -0.497 e. The molecule has 1 atom stereocenters. The van der Waals surface area contributed by atoms with Crippen LogP contribution in [0.5, 0.6) is 5.75 Å². The average molecular weight is 287 g/mol. The molecule has 3 rings (SSSR count). The van der Waals surface area contributed by atoms with Crippen LogP contribution in [0.3, 0.4) is 0 Å². The van der Waals surface area contributed by atoms with Crippen LogP contribution >= 0.6 is 0 Å². The molecule has 0 aliphatic heterocycles. The van der Waals surface area contributed by atoms with E-state index in [4.69, 9.17) is 9.15 Å². The van der Waals surface area contributed by atoms with Crippen molar-refractivity contribution < 1.29 is 14.3 Å². The van der Waals surface area contributed by atoms with E-state index in [0.717, 1.165) is 23.6 Å². The number of aliphatic hydroxyl groups is 1. The Balaban J connectivity index is 1.67. The summed E-state index contributed by atoms with van der Waals surface area (Å²) in [5, 5.41) is 10.5. The molecule has 112 valence electrons. The number of nitrogens with zero attached hydrogens (tertiary/aromatic N) is 1. The molecule has 1 aliphatic carbocycles. The third kappa shape index (κ3) is 3.65. The van der Waals surface area contributed by atoms with E-state index in [-0.39, 0.29) is 0 Å². The third-order valence-electron chi connectivity index (χ3n) is 3.89. The first-order chi connectivity index (χ1) is 10.3. The summed E-state index contributed by atoms with van der Waals surface area (Å²) >= 11 is 0. The first kappa shape index (κ1) is 14.2. The van der Waals surface area contributed by atoms with Gasteiger partial charge in [0, 0.05) is 12.6 Å². The van der Waals surface area contributed by atoms with Crippen LogP contribution in [0.2, 0.25) is 0 Å². The van der Waals surface area contributed by atoms with Crippen molar-refractivity contribution in [2.45, 2.75) is 31.5 Å². The minimum atomic E-state index is -0.518. The lowest BCUT2D eigenvalue weighted by atomic mass is 10.1. The first-order valence-electron chi connectivity index (χ1n) is 7.34. The topological polar surface area (TPSA) is 45.8 Å².